The van der Waals surface area contributed by atoms with Gasteiger partial charge in [0.2, 0.25) is 0 Å². The van der Waals surface area contributed by atoms with Crippen molar-refractivity contribution in [3.63, 3.8) is 0 Å². The van der Waals surface area contributed by atoms with Crippen LogP contribution in [0.4, 0.5) is 11.4 Å². The van der Waals surface area contributed by atoms with Crippen LogP contribution in [0.2, 0.25) is 0 Å². The average Bonchev–Trinajstić information content (AvgIpc) is 2.82. The van der Waals surface area contributed by atoms with Crippen LogP contribution >= 0.6 is 0 Å². The van der Waals surface area contributed by atoms with Gasteiger partial charge in [0.15, 0.2) is 0 Å². The van der Waals surface area contributed by atoms with Gasteiger partial charge in [0.25, 0.3) is 0 Å². The molecule has 0 saturated carbocycles. The Labute approximate surface area is 136 Å². The van der Waals surface area contributed by atoms with Gasteiger partial charge in [0.05, 0.1) is 0 Å². The third kappa shape index (κ3) is 1.99. The zero-order valence-electron chi connectivity index (χ0n) is 15.5. The molecule has 0 unspecified atom stereocenters. The molecule has 0 radical (unpaired) electrons. The lowest BCUT2D eigenvalue weighted by atomic mass is 9.93. The van der Waals surface area contributed by atoms with E-state index in [0.717, 1.165) is 0 Å². The molecule has 2 nitrogen and oxygen atoms in total. The van der Waals surface area contributed by atoms with E-state index in [4.69, 9.17) is 0 Å². The number of hydrogen-bond acceptors (Lipinski definition) is 2. The fourth-order valence-electron chi connectivity index (χ4n) is 4.72. The van der Waals surface area contributed by atoms with Crippen molar-refractivity contribution in [1.82, 2.24) is 0 Å². The third-order valence-corrected chi connectivity index (χ3v) is 6.15. The summed E-state index contributed by atoms with van der Waals surface area (Å²) in [6, 6.07) is 7.33. The lowest BCUT2D eigenvalue weighted by molar-refractivity contribution is 0.544. The van der Waals surface area contributed by atoms with Crippen LogP contribution in [0.25, 0.3) is 0 Å². The molecule has 0 fully saturated rings. The average molecular weight is 300 g/mol. The van der Waals surface area contributed by atoms with Crippen molar-refractivity contribution in [2.24, 2.45) is 0 Å². The first-order valence-corrected chi connectivity index (χ1v) is 9.00. The first kappa shape index (κ1) is 15.7. The van der Waals surface area contributed by atoms with Crippen LogP contribution in [-0.4, -0.2) is 24.2 Å². The molecule has 1 aromatic carbocycles. The molecule has 2 heterocycles. The Balaban J connectivity index is 2.16. The summed E-state index contributed by atoms with van der Waals surface area (Å²) < 4.78 is 0. The Morgan fingerprint density at radius 1 is 0.682 bits per heavy atom. The topological polar surface area (TPSA) is 6.48 Å². The molecule has 22 heavy (non-hydrogen) atoms. The molecular weight excluding hydrogens is 268 g/mol. The summed E-state index contributed by atoms with van der Waals surface area (Å²) >= 11 is 0. The zero-order valence-corrected chi connectivity index (χ0v) is 15.5. The van der Waals surface area contributed by atoms with Crippen molar-refractivity contribution in [3.05, 3.63) is 23.3 Å². The van der Waals surface area contributed by atoms with Crippen molar-refractivity contribution >= 4 is 11.4 Å². The summed E-state index contributed by atoms with van der Waals surface area (Å²) in [5, 5.41) is 0. The Bertz CT molecular complexity index is 524. The predicted molar refractivity (Wildman–Crippen MR) is 97.4 cm³/mol. The number of fused-ring (bicyclic) bond motifs is 2. The highest BCUT2D eigenvalue weighted by molar-refractivity contribution is 5.74. The molecule has 0 amide bonds. The maximum Gasteiger partial charge on any atom is 0.0411 e. The van der Waals surface area contributed by atoms with Gasteiger partial charge in [-0.1, -0.05) is 13.8 Å². The summed E-state index contributed by atoms with van der Waals surface area (Å²) in [5.41, 5.74) is 6.07. The van der Waals surface area contributed by atoms with Gasteiger partial charge in [-0.3, -0.25) is 0 Å². The fourth-order valence-corrected chi connectivity index (χ4v) is 4.72. The molecule has 0 bridgehead atoms. The van der Waals surface area contributed by atoms with Gasteiger partial charge in [-0.05, 0) is 64.8 Å². The van der Waals surface area contributed by atoms with E-state index < -0.39 is 0 Å². The fraction of sp³-hybridized carbons (Fsp3) is 0.700. The molecule has 3 rings (SSSR count). The van der Waals surface area contributed by atoms with Gasteiger partial charge in [-0.2, -0.15) is 0 Å². The summed E-state index contributed by atoms with van der Waals surface area (Å²) in [7, 11) is 0. The minimum absolute atomic E-state index is 0.562. The summed E-state index contributed by atoms with van der Waals surface area (Å²) in [6.07, 6.45) is 0. The monoisotopic (exact) mass is 300 g/mol. The lowest BCUT2D eigenvalue weighted by Crippen LogP contribution is -2.36. The highest BCUT2D eigenvalue weighted by atomic mass is 15.2. The van der Waals surface area contributed by atoms with E-state index in [-0.39, 0.29) is 0 Å². The molecular formula is C20H32N2. The maximum absolute atomic E-state index is 2.62. The van der Waals surface area contributed by atoms with E-state index in [9.17, 15) is 0 Å². The Kier molecular flexibility index (Phi) is 3.70. The van der Waals surface area contributed by atoms with Crippen molar-refractivity contribution in [3.8, 4) is 0 Å². The van der Waals surface area contributed by atoms with Crippen molar-refractivity contribution in [2.45, 2.75) is 91.4 Å². The second-order valence-corrected chi connectivity index (χ2v) is 8.03. The van der Waals surface area contributed by atoms with Crippen LogP contribution in [0.15, 0.2) is 12.1 Å². The zero-order chi connectivity index (χ0) is 16.3. The van der Waals surface area contributed by atoms with Crippen molar-refractivity contribution < 1.29 is 0 Å². The quantitative estimate of drug-likeness (QED) is 0.747. The Hall–Kier alpha value is -1.18. The van der Waals surface area contributed by atoms with Crippen LogP contribution in [0.3, 0.4) is 0 Å². The lowest BCUT2D eigenvalue weighted by Gasteiger charge is -2.31. The third-order valence-electron chi connectivity index (χ3n) is 6.15. The smallest absolute Gasteiger partial charge is 0.0411 e. The van der Waals surface area contributed by atoms with Gasteiger partial charge >= 0.3 is 0 Å². The Morgan fingerprint density at radius 3 is 1.27 bits per heavy atom. The molecule has 2 aliphatic rings. The van der Waals surface area contributed by atoms with Crippen LogP contribution in [0, 0.1) is 0 Å². The van der Waals surface area contributed by atoms with Gasteiger partial charge in [0, 0.05) is 47.4 Å². The summed E-state index contributed by atoms with van der Waals surface area (Å²) in [4.78, 5) is 5.24. The van der Waals surface area contributed by atoms with E-state index in [1.165, 1.54) is 11.4 Å². The second kappa shape index (κ2) is 5.18. The van der Waals surface area contributed by atoms with E-state index >= 15 is 0 Å². The molecule has 1 aromatic rings. The molecule has 0 N–H and O–H groups in total. The minimum atomic E-state index is 0.562. The predicted octanol–water partition coefficient (Wildman–Crippen LogP) is 5.13. The van der Waals surface area contributed by atoms with Gasteiger partial charge in [-0.25, -0.2) is 0 Å². The van der Waals surface area contributed by atoms with E-state index in [2.05, 4.69) is 77.3 Å². The molecule has 0 aromatic heterocycles. The van der Waals surface area contributed by atoms with E-state index in [1.54, 1.807) is 11.1 Å². The minimum Gasteiger partial charge on any atom is -0.366 e. The molecule has 0 saturated heterocycles. The number of rotatable bonds is 2. The normalized spacial score (nSPS) is 30.5. The summed E-state index contributed by atoms with van der Waals surface area (Å²) in [5.74, 6) is 1.23. The first-order valence-electron chi connectivity index (χ1n) is 9.00. The van der Waals surface area contributed by atoms with Crippen LogP contribution < -0.4 is 9.80 Å². The molecule has 2 heteroatoms. The Morgan fingerprint density at radius 2 is 1.00 bits per heavy atom. The van der Waals surface area contributed by atoms with Crippen LogP contribution in [-0.2, 0) is 0 Å². The van der Waals surface area contributed by atoms with Gasteiger partial charge in [0.1, 0.15) is 0 Å². The standard InChI is InChI=1S/C20H32N2/c1-11(2)21-15(7)13(5)17-10-20-18(9-19(17)21)14(6)16(8)22(20)12(3)4/h9-16H,1-8H3/t13-,14-,15+,16+/m1/s1. The number of nitrogens with zero attached hydrogens (tertiary/aromatic N) is 2. The van der Waals surface area contributed by atoms with Crippen LogP contribution in [0.1, 0.15) is 78.4 Å². The molecule has 0 aliphatic carbocycles. The molecule has 4 atom stereocenters. The highest BCUT2D eigenvalue weighted by Gasteiger charge is 2.40. The number of benzene rings is 1. The van der Waals surface area contributed by atoms with E-state index in [0.29, 0.717) is 36.0 Å². The highest BCUT2D eigenvalue weighted by Crippen LogP contribution is 2.50. The van der Waals surface area contributed by atoms with E-state index in [1.807, 2.05) is 0 Å². The van der Waals surface area contributed by atoms with Crippen molar-refractivity contribution in [1.29, 1.82) is 0 Å². The molecule has 122 valence electrons. The first-order chi connectivity index (χ1) is 10.3. The molecule has 2 aliphatic heterocycles. The largest absolute Gasteiger partial charge is 0.366 e. The number of hydrogen-bond donors (Lipinski definition) is 0. The van der Waals surface area contributed by atoms with Crippen LogP contribution in [0.5, 0.6) is 0 Å². The summed E-state index contributed by atoms with van der Waals surface area (Å²) in [6.45, 7) is 18.8. The van der Waals surface area contributed by atoms with Crippen molar-refractivity contribution in [2.75, 3.05) is 9.80 Å². The SMILES string of the molecule is CC(C)N1c2cc3c(cc2[C@H](C)[C@@H]1C)N(C(C)C)[C@@H](C)[C@H]3C. The second-order valence-electron chi connectivity index (χ2n) is 8.03. The molecule has 0 spiro atoms. The van der Waals surface area contributed by atoms with Gasteiger partial charge in [-0.15, -0.1) is 0 Å². The van der Waals surface area contributed by atoms with Gasteiger partial charge < -0.3 is 9.80 Å². The number of anilines is 2. The maximum atomic E-state index is 2.62.